The standard InChI is InChI=1S/C13H11F3O2S/c1-3-8-9-5-4-7(13(14,15)16)6-10(9)19-11(8)12(17)18-2/h4-6H,3H2,1-2H3. The number of methoxy groups -OCH3 is 1. The largest absolute Gasteiger partial charge is 0.465 e. The first-order chi connectivity index (χ1) is 8.88. The molecule has 1 aromatic carbocycles. The summed E-state index contributed by atoms with van der Waals surface area (Å²) >= 11 is 1.04. The van der Waals surface area contributed by atoms with Crippen LogP contribution in [0.2, 0.25) is 0 Å². The molecule has 0 radical (unpaired) electrons. The molecule has 102 valence electrons. The lowest BCUT2D eigenvalue weighted by atomic mass is 10.1. The van der Waals surface area contributed by atoms with Crippen LogP contribution in [-0.4, -0.2) is 13.1 Å². The number of thiophene rings is 1. The number of hydrogen-bond donors (Lipinski definition) is 0. The SMILES string of the molecule is CCc1c(C(=O)OC)sc2cc(C(F)(F)F)ccc12. The third kappa shape index (κ3) is 2.45. The number of benzene rings is 1. The number of carbonyl (C=O) groups excluding carboxylic acids is 1. The van der Waals surface area contributed by atoms with E-state index < -0.39 is 17.7 Å². The van der Waals surface area contributed by atoms with Gasteiger partial charge in [0.05, 0.1) is 12.7 Å². The molecule has 1 aromatic heterocycles. The minimum atomic E-state index is -4.38. The van der Waals surface area contributed by atoms with Crippen LogP contribution < -0.4 is 0 Å². The number of hydrogen-bond acceptors (Lipinski definition) is 3. The van der Waals surface area contributed by atoms with Gasteiger partial charge in [0.1, 0.15) is 4.88 Å². The Morgan fingerprint density at radius 1 is 1.37 bits per heavy atom. The summed E-state index contributed by atoms with van der Waals surface area (Å²) in [5.41, 5.74) is 0.0286. The van der Waals surface area contributed by atoms with Gasteiger partial charge in [-0.25, -0.2) is 4.79 Å². The molecule has 0 atom stereocenters. The number of carbonyl (C=O) groups is 1. The first kappa shape index (κ1) is 13.9. The van der Waals surface area contributed by atoms with Crippen molar-refractivity contribution < 1.29 is 22.7 Å². The van der Waals surface area contributed by atoms with Crippen LogP contribution in [-0.2, 0) is 17.3 Å². The average Bonchev–Trinajstić information content (AvgIpc) is 2.74. The van der Waals surface area contributed by atoms with E-state index >= 15 is 0 Å². The molecule has 2 aromatic rings. The zero-order chi connectivity index (χ0) is 14.2. The summed E-state index contributed by atoms with van der Waals surface area (Å²) in [7, 11) is 1.26. The number of ether oxygens (including phenoxy) is 1. The Balaban J connectivity index is 2.66. The van der Waals surface area contributed by atoms with Gasteiger partial charge in [0.25, 0.3) is 0 Å². The normalized spacial score (nSPS) is 11.8. The molecule has 1 heterocycles. The third-order valence-corrected chi connectivity index (χ3v) is 4.02. The molecule has 0 saturated carbocycles. The summed E-state index contributed by atoms with van der Waals surface area (Å²) in [6, 6.07) is 3.53. The second-order valence-corrected chi connectivity index (χ2v) is 5.02. The summed E-state index contributed by atoms with van der Waals surface area (Å²) in [4.78, 5) is 12.0. The zero-order valence-corrected chi connectivity index (χ0v) is 11.1. The molecule has 6 heteroatoms. The van der Waals surface area contributed by atoms with Crippen molar-refractivity contribution >= 4 is 27.4 Å². The number of alkyl halides is 3. The second-order valence-electron chi connectivity index (χ2n) is 3.96. The molecular formula is C13H11F3O2S. The predicted molar refractivity (Wildman–Crippen MR) is 67.5 cm³/mol. The molecule has 0 N–H and O–H groups in total. The Hall–Kier alpha value is -1.56. The van der Waals surface area contributed by atoms with Crippen LogP contribution in [0, 0.1) is 0 Å². The maximum absolute atomic E-state index is 12.6. The minimum absolute atomic E-state index is 0.374. The van der Waals surface area contributed by atoms with Crippen LogP contribution in [0.15, 0.2) is 18.2 Å². The minimum Gasteiger partial charge on any atom is -0.465 e. The van der Waals surface area contributed by atoms with Gasteiger partial charge in [-0.15, -0.1) is 11.3 Å². The number of fused-ring (bicyclic) bond motifs is 1. The Labute approximate surface area is 111 Å². The molecular weight excluding hydrogens is 277 g/mol. The number of rotatable bonds is 2. The predicted octanol–water partition coefficient (Wildman–Crippen LogP) is 4.27. The van der Waals surface area contributed by atoms with Gasteiger partial charge in [0, 0.05) is 4.70 Å². The quantitative estimate of drug-likeness (QED) is 0.771. The fourth-order valence-corrected chi connectivity index (χ4v) is 3.19. The van der Waals surface area contributed by atoms with Crippen LogP contribution in [0.25, 0.3) is 10.1 Å². The lowest BCUT2D eigenvalue weighted by molar-refractivity contribution is -0.137. The molecule has 2 nitrogen and oxygen atoms in total. The topological polar surface area (TPSA) is 26.3 Å². The van der Waals surface area contributed by atoms with E-state index in [-0.39, 0.29) is 0 Å². The Kier molecular flexibility index (Phi) is 3.54. The summed E-state index contributed by atoms with van der Waals surface area (Å²) in [5, 5.41) is 0.681. The molecule has 0 amide bonds. The van der Waals surface area contributed by atoms with E-state index in [9.17, 15) is 18.0 Å². The first-order valence-electron chi connectivity index (χ1n) is 5.59. The highest BCUT2D eigenvalue weighted by molar-refractivity contribution is 7.21. The van der Waals surface area contributed by atoms with E-state index in [1.165, 1.54) is 13.2 Å². The van der Waals surface area contributed by atoms with E-state index in [2.05, 4.69) is 4.74 Å². The van der Waals surface area contributed by atoms with Gasteiger partial charge in [-0.2, -0.15) is 13.2 Å². The number of halogens is 3. The molecule has 0 aliphatic carbocycles. The molecule has 0 aliphatic rings. The molecule has 0 unspecified atom stereocenters. The third-order valence-electron chi connectivity index (χ3n) is 2.84. The number of aryl methyl sites for hydroxylation is 1. The van der Waals surface area contributed by atoms with Gasteiger partial charge in [-0.05, 0) is 29.5 Å². The van der Waals surface area contributed by atoms with Gasteiger partial charge < -0.3 is 4.74 Å². The second kappa shape index (κ2) is 4.85. The molecule has 0 saturated heterocycles. The smallest absolute Gasteiger partial charge is 0.416 e. The molecule has 0 spiro atoms. The maximum atomic E-state index is 12.6. The lowest BCUT2D eigenvalue weighted by Crippen LogP contribution is -2.03. The van der Waals surface area contributed by atoms with Crippen molar-refractivity contribution in [2.45, 2.75) is 19.5 Å². The van der Waals surface area contributed by atoms with Crippen LogP contribution in [0.1, 0.15) is 27.7 Å². The van der Waals surface area contributed by atoms with Gasteiger partial charge in [-0.1, -0.05) is 13.0 Å². The summed E-state index contributed by atoms with van der Waals surface area (Å²) in [6.07, 6.45) is -3.81. The zero-order valence-electron chi connectivity index (χ0n) is 10.3. The highest BCUT2D eigenvalue weighted by atomic mass is 32.1. The fourth-order valence-electron chi connectivity index (χ4n) is 1.93. The maximum Gasteiger partial charge on any atom is 0.416 e. The van der Waals surface area contributed by atoms with E-state index in [0.29, 0.717) is 21.4 Å². The van der Waals surface area contributed by atoms with Crippen molar-refractivity contribution in [3.05, 3.63) is 34.2 Å². The van der Waals surface area contributed by atoms with Crippen molar-refractivity contribution in [1.82, 2.24) is 0 Å². The Morgan fingerprint density at radius 2 is 2.05 bits per heavy atom. The highest BCUT2D eigenvalue weighted by Gasteiger charge is 2.31. The molecule has 0 fully saturated rings. The van der Waals surface area contributed by atoms with Gasteiger partial charge in [-0.3, -0.25) is 0 Å². The molecule has 0 aliphatic heterocycles. The van der Waals surface area contributed by atoms with Crippen molar-refractivity contribution in [2.24, 2.45) is 0 Å². The fraction of sp³-hybridized carbons (Fsp3) is 0.308. The van der Waals surface area contributed by atoms with Crippen LogP contribution >= 0.6 is 11.3 Å². The van der Waals surface area contributed by atoms with Crippen molar-refractivity contribution in [3.8, 4) is 0 Å². The van der Waals surface area contributed by atoms with Crippen molar-refractivity contribution in [1.29, 1.82) is 0 Å². The summed E-state index contributed by atoms with van der Waals surface area (Å²) in [5.74, 6) is -0.508. The molecule has 2 rings (SSSR count). The van der Waals surface area contributed by atoms with Crippen molar-refractivity contribution in [3.63, 3.8) is 0 Å². The lowest BCUT2D eigenvalue weighted by Gasteiger charge is -2.06. The molecule has 19 heavy (non-hydrogen) atoms. The molecule has 0 bridgehead atoms. The monoisotopic (exact) mass is 288 g/mol. The van der Waals surface area contributed by atoms with Crippen LogP contribution in [0.3, 0.4) is 0 Å². The van der Waals surface area contributed by atoms with Gasteiger partial charge in [0.2, 0.25) is 0 Å². The van der Waals surface area contributed by atoms with Crippen LogP contribution in [0.5, 0.6) is 0 Å². The van der Waals surface area contributed by atoms with E-state index in [1.54, 1.807) is 0 Å². The van der Waals surface area contributed by atoms with Gasteiger partial charge >= 0.3 is 12.1 Å². The Bertz CT molecular complexity index is 629. The first-order valence-corrected chi connectivity index (χ1v) is 6.41. The van der Waals surface area contributed by atoms with Gasteiger partial charge in [0.15, 0.2) is 0 Å². The van der Waals surface area contributed by atoms with E-state index in [1.807, 2.05) is 6.92 Å². The van der Waals surface area contributed by atoms with Crippen molar-refractivity contribution in [2.75, 3.05) is 7.11 Å². The highest BCUT2D eigenvalue weighted by Crippen LogP contribution is 2.37. The van der Waals surface area contributed by atoms with E-state index in [4.69, 9.17) is 0 Å². The summed E-state index contributed by atoms with van der Waals surface area (Å²) in [6.45, 7) is 1.85. The van der Waals surface area contributed by atoms with E-state index in [0.717, 1.165) is 29.0 Å². The number of esters is 1. The average molecular weight is 288 g/mol. The summed E-state index contributed by atoms with van der Waals surface area (Å²) < 4.78 is 43.0. The van der Waals surface area contributed by atoms with Crippen LogP contribution in [0.4, 0.5) is 13.2 Å². The Morgan fingerprint density at radius 3 is 2.58 bits per heavy atom.